The van der Waals surface area contributed by atoms with Gasteiger partial charge in [0.25, 0.3) is 0 Å². The van der Waals surface area contributed by atoms with Gasteiger partial charge in [0.1, 0.15) is 0 Å². The van der Waals surface area contributed by atoms with Crippen molar-refractivity contribution in [1.82, 2.24) is 13.7 Å². The van der Waals surface area contributed by atoms with Crippen molar-refractivity contribution in [3.05, 3.63) is 212 Å². The highest BCUT2D eigenvalue weighted by molar-refractivity contribution is 6.24. The molecule has 0 atom stereocenters. The van der Waals surface area contributed by atoms with E-state index in [-0.39, 0.29) is 0 Å². The highest BCUT2D eigenvalue weighted by Gasteiger charge is 2.22. The Morgan fingerprint density at radius 1 is 0.211 bits per heavy atom. The van der Waals surface area contributed by atoms with Crippen LogP contribution in [0, 0.1) is 0 Å². The van der Waals surface area contributed by atoms with E-state index < -0.39 is 0 Å². The van der Waals surface area contributed by atoms with Crippen molar-refractivity contribution in [2.24, 2.45) is 0 Å². The van der Waals surface area contributed by atoms with Crippen molar-refractivity contribution in [1.29, 1.82) is 0 Å². The molecule has 0 radical (unpaired) electrons. The zero-order valence-corrected chi connectivity index (χ0v) is 31.0. The van der Waals surface area contributed by atoms with E-state index in [0.717, 1.165) is 17.1 Å². The zero-order chi connectivity index (χ0) is 37.5. The molecule has 3 aromatic heterocycles. The van der Waals surface area contributed by atoms with Gasteiger partial charge in [-0.3, -0.25) is 0 Å². The number of nitrogens with zero attached hydrogens (tertiary/aromatic N) is 3. The average molecular weight is 726 g/mol. The van der Waals surface area contributed by atoms with Crippen LogP contribution in [0.5, 0.6) is 0 Å². The summed E-state index contributed by atoms with van der Waals surface area (Å²) in [5.74, 6) is 0. The molecule has 0 amide bonds. The lowest BCUT2D eigenvalue weighted by molar-refractivity contribution is 1.15. The molecule has 0 unspecified atom stereocenters. The summed E-state index contributed by atoms with van der Waals surface area (Å²) in [5, 5.41) is 7.46. The Labute approximate surface area is 329 Å². The van der Waals surface area contributed by atoms with Gasteiger partial charge in [-0.05, 0) is 95.1 Å². The van der Waals surface area contributed by atoms with Crippen molar-refractivity contribution in [2.45, 2.75) is 0 Å². The molecular weight excluding hydrogens is 691 g/mol. The van der Waals surface area contributed by atoms with E-state index in [0.29, 0.717) is 0 Å². The molecule has 9 aromatic carbocycles. The quantitative estimate of drug-likeness (QED) is 0.168. The van der Waals surface area contributed by atoms with Gasteiger partial charge in [0.15, 0.2) is 0 Å². The van der Waals surface area contributed by atoms with Gasteiger partial charge in [0, 0.05) is 49.4 Å². The largest absolute Gasteiger partial charge is 0.309 e. The van der Waals surface area contributed by atoms with E-state index in [1.807, 2.05) is 0 Å². The average Bonchev–Trinajstić information content (AvgIpc) is 3.92. The Kier molecular flexibility index (Phi) is 6.93. The fourth-order valence-electron chi connectivity index (χ4n) is 9.31. The normalized spacial score (nSPS) is 11.9. The summed E-state index contributed by atoms with van der Waals surface area (Å²) >= 11 is 0. The lowest BCUT2D eigenvalue weighted by Crippen LogP contribution is -1.98. The Balaban J connectivity index is 1.10. The summed E-state index contributed by atoms with van der Waals surface area (Å²) < 4.78 is 7.33. The summed E-state index contributed by atoms with van der Waals surface area (Å²) in [6.07, 6.45) is 0. The second-order valence-corrected chi connectivity index (χ2v) is 14.9. The predicted octanol–water partition coefficient (Wildman–Crippen LogP) is 14.3. The monoisotopic (exact) mass is 725 g/mol. The minimum atomic E-state index is 1.15. The molecule has 0 spiro atoms. The maximum atomic E-state index is 2.47. The van der Waals surface area contributed by atoms with E-state index in [9.17, 15) is 0 Å². The highest BCUT2D eigenvalue weighted by Crippen LogP contribution is 2.43. The number of rotatable bonds is 5. The number of fused-ring (bicyclic) bond motifs is 10. The molecule has 0 N–H and O–H groups in total. The van der Waals surface area contributed by atoms with E-state index in [4.69, 9.17) is 0 Å². The van der Waals surface area contributed by atoms with Crippen LogP contribution in [0.4, 0.5) is 0 Å². The van der Waals surface area contributed by atoms with Gasteiger partial charge in [-0.25, -0.2) is 0 Å². The van der Waals surface area contributed by atoms with Crippen molar-refractivity contribution < 1.29 is 0 Å². The molecule has 3 heteroatoms. The summed E-state index contributed by atoms with van der Waals surface area (Å²) in [4.78, 5) is 0. The van der Waals surface area contributed by atoms with Gasteiger partial charge in [0.2, 0.25) is 0 Å². The standard InChI is InChI=1S/C54H35N3/c1-4-15-36(16-5-1)37-17-14-22-42(33-37)55-49-25-12-11-24-44(49)47-34-38(27-31-51(47)55)39-28-32-52-48(35-39)46-30-29-45-43-23-10-13-26-50(43)56(40-18-6-2-7-19-40)53(45)54(46)57(52)41-20-8-3-9-21-41/h1-35H. The molecule has 0 saturated heterocycles. The molecule has 0 bridgehead atoms. The van der Waals surface area contributed by atoms with Crippen molar-refractivity contribution in [3.63, 3.8) is 0 Å². The van der Waals surface area contributed by atoms with Gasteiger partial charge >= 0.3 is 0 Å². The van der Waals surface area contributed by atoms with Crippen LogP contribution in [-0.2, 0) is 0 Å². The molecule has 0 saturated carbocycles. The first kappa shape index (κ1) is 31.7. The van der Waals surface area contributed by atoms with Crippen molar-refractivity contribution in [2.75, 3.05) is 0 Å². The van der Waals surface area contributed by atoms with Crippen LogP contribution in [0.1, 0.15) is 0 Å². The van der Waals surface area contributed by atoms with Crippen LogP contribution < -0.4 is 0 Å². The lowest BCUT2D eigenvalue weighted by Gasteiger charge is -2.12. The predicted molar refractivity (Wildman–Crippen MR) is 240 cm³/mol. The maximum Gasteiger partial charge on any atom is 0.0788 e. The molecule has 3 heterocycles. The first-order chi connectivity index (χ1) is 28.3. The molecule has 0 aliphatic carbocycles. The smallest absolute Gasteiger partial charge is 0.0788 e. The molecule has 57 heavy (non-hydrogen) atoms. The third kappa shape index (κ3) is 4.79. The van der Waals surface area contributed by atoms with E-state index >= 15 is 0 Å². The van der Waals surface area contributed by atoms with Gasteiger partial charge < -0.3 is 13.7 Å². The summed E-state index contributed by atoms with van der Waals surface area (Å²) in [7, 11) is 0. The fourth-order valence-corrected chi connectivity index (χ4v) is 9.31. The van der Waals surface area contributed by atoms with Gasteiger partial charge in [-0.15, -0.1) is 0 Å². The molecule has 0 aliphatic heterocycles. The van der Waals surface area contributed by atoms with Crippen LogP contribution in [-0.4, -0.2) is 13.7 Å². The topological polar surface area (TPSA) is 14.8 Å². The Hall–Kier alpha value is -7.62. The van der Waals surface area contributed by atoms with E-state index in [2.05, 4.69) is 226 Å². The second kappa shape index (κ2) is 12.5. The Bertz CT molecular complexity index is 3500. The van der Waals surface area contributed by atoms with Crippen LogP contribution in [0.15, 0.2) is 212 Å². The van der Waals surface area contributed by atoms with Crippen LogP contribution >= 0.6 is 0 Å². The molecule has 12 aromatic rings. The summed E-state index contributed by atoms with van der Waals surface area (Å²) in [5.41, 5.74) is 15.5. The number of benzene rings is 9. The summed E-state index contributed by atoms with van der Waals surface area (Å²) in [6, 6.07) is 77.4. The minimum Gasteiger partial charge on any atom is -0.309 e. The minimum absolute atomic E-state index is 1.15. The maximum absolute atomic E-state index is 2.47. The van der Waals surface area contributed by atoms with E-state index in [1.165, 1.54) is 87.7 Å². The number of hydrogen-bond donors (Lipinski definition) is 0. The van der Waals surface area contributed by atoms with Gasteiger partial charge in [-0.1, -0.05) is 140 Å². The van der Waals surface area contributed by atoms with Gasteiger partial charge in [-0.2, -0.15) is 0 Å². The van der Waals surface area contributed by atoms with Crippen LogP contribution in [0.3, 0.4) is 0 Å². The molecule has 3 nitrogen and oxygen atoms in total. The molecule has 0 aliphatic rings. The Morgan fingerprint density at radius 2 is 0.614 bits per heavy atom. The van der Waals surface area contributed by atoms with Gasteiger partial charge in [0.05, 0.1) is 33.1 Å². The molecule has 12 rings (SSSR count). The Morgan fingerprint density at radius 3 is 1.23 bits per heavy atom. The van der Waals surface area contributed by atoms with Crippen LogP contribution in [0.2, 0.25) is 0 Å². The van der Waals surface area contributed by atoms with Crippen molar-refractivity contribution >= 4 is 65.4 Å². The molecule has 0 fully saturated rings. The lowest BCUT2D eigenvalue weighted by atomic mass is 10.00. The summed E-state index contributed by atoms with van der Waals surface area (Å²) in [6.45, 7) is 0. The third-order valence-corrected chi connectivity index (χ3v) is 11.8. The number of hydrogen-bond acceptors (Lipinski definition) is 0. The number of aromatic nitrogens is 3. The SMILES string of the molecule is c1ccc(-c2cccc(-n3c4ccccc4c4cc(-c5ccc6c(c5)c5ccc7c8ccccc8n(-c8ccccc8)c7c5n6-c5ccccc5)ccc43)c2)cc1. The molecule has 266 valence electrons. The fraction of sp³-hybridized carbons (Fsp3) is 0. The van der Waals surface area contributed by atoms with E-state index in [1.54, 1.807) is 0 Å². The highest BCUT2D eigenvalue weighted by atomic mass is 15.0. The van der Waals surface area contributed by atoms with Crippen molar-refractivity contribution in [3.8, 4) is 39.3 Å². The zero-order valence-electron chi connectivity index (χ0n) is 31.0. The second-order valence-electron chi connectivity index (χ2n) is 14.9. The first-order valence-electron chi connectivity index (χ1n) is 19.6. The third-order valence-electron chi connectivity index (χ3n) is 11.8. The van der Waals surface area contributed by atoms with Crippen LogP contribution in [0.25, 0.3) is 105 Å². The first-order valence-corrected chi connectivity index (χ1v) is 19.6. The number of para-hydroxylation sites is 4. The molecular formula is C54H35N3.